The van der Waals surface area contributed by atoms with E-state index in [9.17, 15) is 15.2 Å². The molecule has 178 valence electrons. The molecule has 2 aromatic heterocycles. The fourth-order valence-corrected chi connectivity index (χ4v) is 4.33. The summed E-state index contributed by atoms with van der Waals surface area (Å²) in [5.41, 5.74) is 1.60. The van der Waals surface area contributed by atoms with Gasteiger partial charge in [0.25, 0.3) is 5.91 Å². The Labute approximate surface area is 198 Å². The minimum atomic E-state index is -1.05. The molecule has 4 rings (SSSR count). The van der Waals surface area contributed by atoms with Crippen molar-refractivity contribution in [3.63, 3.8) is 0 Å². The van der Waals surface area contributed by atoms with Gasteiger partial charge in [0.1, 0.15) is 22.7 Å². The van der Waals surface area contributed by atoms with E-state index in [1.807, 2.05) is 24.3 Å². The Kier molecular flexibility index (Phi) is 6.93. The molecule has 4 N–H and O–H groups in total. The lowest BCUT2D eigenvalue weighted by molar-refractivity contribution is 0.0737. The first-order chi connectivity index (χ1) is 16.3. The van der Waals surface area contributed by atoms with E-state index >= 15 is 0 Å². The molecule has 1 fully saturated rings. The van der Waals surface area contributed by atoms with E-state index in [4.69, 9.17) is 0 Å². The molecular weight excluding hydrogens is 432 g/mol. The van der Waals surface area contributed by atoms with Gasteiger partial charge < -0.3 is 15.7 Å². The fraction of sp³-hybridized carbons (Fsp3) is 0.458. The summed E-state index contributed by atoms with van der Waals surface area (Å²) in [6.07, 6.45) is 7.89. The van der Waals surface area contributed by atoms with E-state index in [0.29, 0.717) is 36.0 Å². The zero-order valence-electron chi connectivity index (χ0n) is 19.5. The van der Waals surface area contributed by atoms with Crippen molar-refractivity contribution in [3.8, 4) is 6.07 Å². The molecule has 1 atom stereocenters. The molecular formula is C24H30N8O2. The molecule has 1 amide bonds. The van der Waals surface area contributed by atoms with Gasteiger partial charge in [-0.2, -0.15) is 10.4 Å². The molecule has 10 nitrogen and oxygen atoms in total. The van der Waals surface area contributed by atoms with Gasteiger partial charge in [0.05, 0.1) is 31.4 Å². The van der Waals surface area contributed by atoms with E-state index in [-0.39, 0.29) is 11.9 Å². The summed E-state index contributed by atoms with van der Waals surface area (Å²) in [7, 11) is 0. The van der Waals surface area contributed by atoms with Crippen molar-refractivity contribution in [1.82, 2.24) is 30.5 Å². The molecule has 34 heavy (non-hydrogen) atoms. The van der Waals surface area contributed by atoms with Crippen molar-refractivity contribution < 1.29 is 9.90 Å². The molecule has 3 aromatic rings. The summed E-state index contributed by atoms with van der Waals surface area (Å²) in [4.78, 5) is 13.0. The number of hydrogen-bond donors (Lipinski definition) is 4. The summed E-state index contributed by atoms with van der Waals surface area (Å²) >= 11 is 0. The molecule has 0 bridgehead atoms. The molecule has 0 saturated heterocycles. The first kappa shape index (κ1) is 23.4. The number of benzene rings is 1. The smallest absolute Gasteiger partial charge is 0.256 e. The van der Waals surface area contributed by atoms with Crippen molar-refractivity contribution in [2.75, 3.05) is 5.32 Å². The van der Waals surface area contributed by atoms with Crippen LogP contribution in [0.2, 0.25) is 0 Å². The molecule has 10 heteroatoms. The highest BCUT2D eigenvalue weighted by Crippen LogP contribution is 2.29. The summed E-state index contributed by atoms with van der Waals surface area (Å²) in [6, 6.07) is 9.77. The zero-order chi connectivity index (χ0) is 24.1. The van der Waals surface area contributed by atoms with Gasteiger partial charge in [0.2, 0.25) is 0 Å². The Morgan fingerprint density at radius 3 is 2.88 bits per heavy atom. The van der Waals surface area contributed by atoms with E-state index in [1.165, 1.54) is 6.20 Å². The average Bonchev–Trinajstić information content (AvgIpc) is 3.55. The first-order valence-corrected chi connectivity index (χ1v) is 11.5. The van der Waals surface area contributed by atoms with Gasteiger partial charge >= 0.3 is 0 Å². The summed E-state index contributed by atoms with van der Waals surface area (Å²) in [5.74, 6) is 0.584. The van der Waals surface area contributed by atoms with Gasteiger partial charge in [-0.15, -0.1) is 5.10 Å². The molecule has 0 spiro atoms. The number of aromatic amines is 1. The van der Waals surface area contributed by atoms with Gasteiger partial charge in [-0.3, -0.25) is 9.89 Å². The van der Waals surface area contributed by atoms with Crippen molar-refractivity contribution in [2.24, 2.45) is 5.92 Å². The predicted octanol–water partition coefficient (Wildman–Crippen LogP) is 3.22. The number of nitriles is 1. The van der Waals surface area contributed by atoms with Crippen molar-refractivity contribution in [1.29, 1.82) is 5.26 Å². The molecule has 0 radical (unpaired) electrons. The highest BCUT2D eigenvalue weighted by atomic mass is 16.3. The number of hydrogen-bond acceptors (Lipinski definition) is 7. The molecule has 1 unspecified atom stereocenters. The molecule has 2 heterocycles. The number of anilines is 2. The number of carbonyl (C=O) groups excluding carboxylic acids is 1. The second-order valence-corrected chi connectivity index (χ2v) is 9.33. The minimum absolute atomic E-state index is 0.150. The number of nitrogens with one attached hydrogen (secondary N) is 3. The number of nitrogens with zero attached hydrogens (tertiary/aromatic N) is 5. The Balaban J connectivity index is 1.44. The van der Waals surface area contributed by atoms with E-state index in [2.05, 4.69) is 37.2 Å². The van der Waals surface area contributed by atoms with Crippen molar-refractivity contribution in [2.45, 2.75) is 64.1 Å². The molecule has 1 aliphatic rings. The highest BCUT2D eigenvalue weighted by molar-refractivity contribution is 5.99. The molecule has 1 aromatic carbocycles. The summed E-state index contributed by atoms with van der Waals surface area (Å²) in [6.45, 7) is 3.81. The monoisotopic (exact) mass is 462 g/mol. The predicted molar refractivity (Wildman–Crippen MR) is 126 cm³/mol. The third-order valence-electron chi connectivity index (χ3n) is 6.19. The number of aliphatic hydroxyl groups is 1. The molecule has 1 saturated carbocycles. The van der Waals surface area contributed by atoms with E-state index in [1.54, 1.807) is 24.7 Å². The van der Waals surface area contributed by atoms with Gasteiger partial charge in [0.15, 0.2) is 0 Å². The zero-order valence-corrected chi connectivity index (χ0v) is 19.5. The maximum absolute atomic E-state index is 13.0. The van der Waals surface area contributed by atoms with Crippen LogP contribution in [0.15, 0.2) is 36.7 Å². The quantitative estimate of drug-likeness (QED) is 0.382. The van der Waals surface area contributed by atoms with Crippen LogP contribution in [0.25, 0.3) is 0 Å². The average molecular weight is 463 g/mol. The summed E-state index contributed by atoms with van der Waals surface area (Å²) < 4.78 is 1.67. The van der Waals surface area contributed by atoms with Gasteiger partial charge in [-0.1, -0.05) is 30.2 Å². The largest absolute Gasteiger partial charge is 0.384 e. The highest BCUT2D eigenvalue weighted by Gasteiger charge is 2.27. The normalized spacial score (nSPS) is 15.1. The number of amides is 1. The molecule has 0 aliphatic heterocycles. The number of aromatic nitrogens is 5. The van der Waals surface area contributed by atoms with Crippen LogP contribution < -0.4 is 10.6 Å². The van der Waals surface area contributed by atoms with Crippen LogP contribution in [-0.2, 0) is 12.1 Å². The number of H-pyrrole nitrogens is 1. The SMILES string of the molecule is CC(C)(O)c1cn(Cc2cccc(Nc3[nH]ncc3C(=O)NC(CC#N)C3CCCC3)c2)nn1. The van der Waals surface area contributed by atoms with Crippen LogP contribution in [0, 0.1) is 17.2 Å². The maximum Gasteiger partial charge on any atom is 0.256 e. The van der Waals surface area contributed by atoms with E-state index in [0.717, 1.165) is 36.9 Å². The van der Waals surface area contributed by atoms with E-state index < -0.39 is 5.60 Å². The lowest BCUT2D eigenvalue weighted by Gasteiger charge is -2.22. The topological polar surface area (TPSA) is 145 Å². The number of carbonyl (C=O) groups is 1. The third kappa shape index (κ3) is 5.61. The lowest BCUT2D eigenvalue weighted by Crippen LogP contribution is -2.39. The number of rotatable bonds is 9. The van der Waals surface area contributed by atoms with Crippen LogP contribution in [-0.4, -0.2) is 42.2 Å². The maximum atomic E-state index is 13.0. The second kappa shape index (κ2) is 10.1. The third-order valence-corrected chi connectivity index (χ3v) is 6.19. The van der Waals surface area contributed by atoms with Gasteiger partial charge in [-0.25, -0.2) is 4.68 Å². The Hall–Kier alpha value is -3.71. The minimum Gasteiger partial charge on any atom is -0.384 e. The van der Waals surface area contributed by atoms with Crippen LogP contribution in [0.3, 0.4) is 0 Å². The van der Waals surface area contributed by atoms with Crippen LogP contribution >= 0.6 is 0 Å². The summed E-state index contributed by atoms with van der Waals surface area (Å²) in [5, 5.41) is 40.6. The Morgan fingerprint density at radius 1 is 1.38 bits per heavy atom. The van der Waals surface area contributed by atoms with Crippen LogP contribution in [0.5, 0.6) is 0 Å². The fourth-order valence-electron chi connectivity index (χ4n) is 4.33. The molecule has 1 aliphatic carbocycles. The standard InChI is InChI=1S/C24H30N8O2/c1-24(2,34)21-15-32(31-29-21)14-16-6-5-9-18(12-16)27-22-19(13-26-30-22)23(33)28-20(10-11-25)17-7-3-4-8-17/h5-6,9,12-13,15,17,20,34H,3-4,7-8,10,14H2,1-2H3,(H,28,33)(H2,26,27,30). The second-order valence-electron chi connectivity index (χ2n) is 9.33. The Bertz CT molecular complexity index is 1160. The first-order valence-electron chi connectivity index (χ1n) is 11.5. The van der Waals surface area contributed by atoms with Gasteiger partial charge in [-0.05, 0) is 50.3 Å². The Morgan fingerprint density at radius 2 is 2.18 bits per heavy atom. The van der Waals surface area contributed by atoms with Crippen molar-refractivity contribution >= 4 is 17.4 Å². The van der Waals surface area contributed by atoms with Crippen LogP contribution in [0.1, 0.15) is 67.6 Å². The van der Waals surface area contributed by atoms with Crippen molar-refractivity contribution in [3.05, 3.63) is 53.5 Å². The van der Waals surface area contributed by atoms with Crippen LogP contribution in [0.4, 0.5) is 11.5 Å². The lowest BCUT2D eigenvalue weighted by atomic mass is 9.95. The van der Waals surface area contributed by atoms with Gasteiger partial charge in [0, 0.05) is 11.7 Å².